The zero-order valence-corrected chi connectivity index (χ0v) is 21.3. The van der Waals surface area contributed by atoms with E-state index in [1.807, 2.05) is 16.7 Å². The van der Waals surface area contributed by atoms with Crippen LogP contribution in [-0.2, 0) is 22.8 Å². The lowest BCUT2D eigenvalue weighted by molar-refractivity contribution is -0.113. The number of nitrogens with one attached hydrogen (secondary N) is 1. The zero-order chi connectivity index (χ0) is 23.1. The molecule has 0 unspecified atom stereocenters. The monoisotopic (exact) mass is 546 g/mol. The van der Waals surface area contributed by atoms with Crippen LogP contribution in [-0.4, -0.2) is 26.4 Å². The number of benzene rings is 2. The topological polar surface area (TPSA) is 59.8 Å². The molecule has 0 atom stereocenters. The van der Waals surface area contributed by atoms with Crippen LogP contribution in [0, 0.1) is 0 Å². The summed E-state index contributed by atoms with van der Waals surface area (Å²) >= 11 is 27.0. The van der Waals surface area contributed by atoms with E-state index in [1.165, 1.54) is 11.8 Å². The molecular formula is C21H18Cl4N4OS2. The van der Waals surface area contributed by atoms with Gasteiger partial charge >= 0.3 is 0 Å². The van der Waals surface area contributed by atoms with Crippen molar-refractivity contribution in [1.82, 2.24) is 14.8 Å². The molecule has 5 nitrogen and oxygen atoms in total. The molecule has 3 rings (SSSR count). The summed E-state index contributed by atoms with van der Waals surface area (Å²) in [6, 6.07) is 10.5. The molecule has 1 aromatic heterocycles. The summed E-state index contributed by atoms with van der Waals surface area (Å²) in [7, 11) is 0. The fourth-order valence-electron chi connectivity index (χ4n) is 2.64. The molecule has 0 aliphatic heterocycles. The molecule has 0 saturated heterocycles. The molecule has 3 aromatic rings. The first-order valence-corrected chi connectivity index (χ1v) is 12.9. The fraction of sp³-hybridized carbons (Fsp3) is 0.190. The van der Waals surface area contributed by atoms with Gasteiger partial charge in [-0.25, -0.2) is 0 Å². The van der Waals surface area contributed by atoms with Crippen molar-refractivity contribution < 1.29 is 4.79 Å². The molecular weight excluding hydrogens is 530 g/mol. The Hall–Kier alpha value is -1.35. The van der Waals surface area contributed by atoms with Crippen LogP contribution < -0.4 is 5.32 Å². The highest BCUT2D eigenvalue weighted by Crippen LogP contribution is 2.28. The third-order valence-corrected chi connectivity index (χ3v) is 7.38. The summed E-state index contributed by atoms with van der Waals surface area (Å²) in [6.45, 7) is 4.35. The van der Waals surface area contributed by atoms with Crippen molar-refractivity contribution in [3.8, 4) is 0 Å². The first kappa shape index (κ1) is 25.3. The molecule has 168 valence electrons. The molecule has 0 bridgehead atoms. The number of carbonyl (C=O) groups is 1. The first-order chi connectivity index (χ1) is 15.4. The van der Waals surface area contributed by atoms with Gasteiger partial charge in [-0.2, -0.15) is 0 Å². The Bertz CT molecular complexity index is 1120. The molecule has 2 aromatic carbocycles. The maximum absolute atomic E-state index is 12.4. The maximum Gasteiger partial charge on any atom is 0.234 e. The van der Waals surface area contributed by atoms with Gasteiger partial charge in [0.25, 0.3) is 0 Å². The van der Waals surface area contributed by atoms with Crippen molar-refractivity contribution in [1.29, 1.82) is 0 Å². The van der Waals surface area contributed by atoms with Crippen molar-refractivity contribution in [2.24, 2.45) is 0 Å². The van der Waals surface area contributed by atoms with Gasteiger partial charge in [0.05, 0.1) is 32.3 Å². The number of halogens is 4. The van der Waals surface area contributed by atoms with Crippen LogP contribution in [0.3, 0.4) is 0 Å². The highest BCUT2D eigenvalue weighted by molar-refractivity contribution is 7.99. The second-order valence-corrected chi connectivity index (χ2v) is 10.1. The number of amides is 1. The largest absolute Gasteiger partial charge is 0.324 e. The van der Waals surface area contributed by atoms with Crippen LogP contribution >= 0.6 is 69.9 Å². The van der Waals surface area contributed by atoms with E-state index in [9.17, 15) is 4.79 Å². The predicted molar refractivity (Wildman–Crippen MR) is 137 cm³/mol. The molecule has 0 aliphatic carbocycles. The van der Waals surface area contributed by atoms with Crippen LogP contribution in [0.2, 0.25) is 20.1 Å². The van der Waals surface area contributed by atoms with Gasteiger partial charge in [0.15, 0.2) is 5.16 Å². The van der Waals surface area contributed by atoms with Crippen LogP contribution in [0.25, 0.3) is 0 Å². The molecule has 1 N–H and O–H groups in total. The molecule has 0 saturated carbocycles. The standard InChI is InChI=1S/C21H18Cl4N4OS2/c1-2-7-29-19(11-31-10-13-3-5-15(23)16(24)8-13)27-28-21(29)32-12-20(30)26-18-6-4-14(22)9-17(18)25/h2-6,8-9H,1,7,10-12H2,(H,26,30). The van der Waals surface area contributed by atoms with E-state index in [0.717, 1.165) is 17.1 Å². The lowest BCUT2D eigenvalue weighted by Crippen LogP contribution is -2.15. The lowest BCUT2D eigenvalue weighted by atomic mass is 10.2. The number of anilines is 1. The first-order valence-electron chi connectivity index (χ1n) is 9.29. The molecule has 1 amide bonds. The average Bonchev–Trinajstić information content (AvgIpc) is 3.13. The highest BCUT2D eigenvalue weighted by Gasteiger charge is 2.14. The zero-order valence-electron chi connectivity index (χ0n) is 16.7. The normalized spacial score (nSPS) is 10.9. The second kappa shape index (κ2) is 12.2. The molecule has 0 fully saturated rings. The summed E-state index contributed by atoms with van der Waals surface area (Å²) in [6.07, 6.45) is 1.77. The average molecular weight is 548 g/mol. The Morgan fingerprint density at radius 2 is 1.84 bits per heavy atom. The number of hydrogen-bond donors (Lipinski definition) is 1. The van der Waals surface area contributed by atoms with Crippen molar-refractivity contribution in [3.63, 3.8) is 0 Å². The van der Waals surface area contributed by atoms with Gasteiger partial charge in [-0.1, -0.05) is 70.3 Å². The van der Waals surface area contributed by atoms with E-state index in [0.29, 0.717) is 43.2 Å². The summed E-state index contributed by atoms with van der Waals surface area (Å²) in [5.74, 6) is 2.16. The van der Waals surface area contributed by atoms with Gasteiger partial charge in [0, 0.05) is 17.3 Å². The minimum absolute atomic E-state index is 0.157. The number of rotatable bonds is 10. The van der Waals surface area contributed by atoms with E-state index in [1.54, 1.807) is 42.1 Å². The summed E-state index contributed by atoms with van der Waals surface area (Å²) < 4.78 is 1.95. The SMILES string of the molecule is C=CCn1c(CSCc2ccc(Cl)c(Cl)c2)nnc1SCC(=O)Nc1ccc(Cl)cc1Cl. The van der Waals surface area contributed by atoms with Gasteiger partial charge in [-0.15, -0.1) is 28.5 Å². The van der Waals surface area contributed by atoms with Gasteiger partial charge in [0.2, 0.25) is 5.91 Å². The Balaban J connectivity index is 1.58. The van der Waals surface area contributed by atoms with Gasteiger partial charge in [-0.3, -0.25) is 4.79 Å². The molecule has 1 heterocycles. The van der Waals surface area contributed by atoms with E-state index >= 15 is 0 Å². The Kier molecular flexibility index (Phi) is 9.64. The van der Waals surface area contributed by atoms with Crippen molar-refractivity contribution in [2.45, 2.75) is 23.2 Å². The lowest BCUT2D eigenvalue weighted by Gasteiger charge is -2.09. The molecule has 0 spiro atoms. The quantitative estimate of drug-likeness (QED) is 0.214. The summed E-state index contributed by atoms with van der Waals surface area (Å²) in [5, 5.41) is 13.9. The third kappa shape index (κ3) is 7.07. The fourth-order valence-corrected chi connectivity index (χ4v) is 5.10. The van der Waals surface area contributed by atoms with E-state index in [4.69, 9.17) is 46.4 Å². The van der Waals surface area contributed by atoms with E-state index < -0.39 is 0 Å². The van der Waals surface area contributed by atoms with Gasteiger partial charge in [-0.05, 0) is 35.9 Å². The van der Waals surface area contributed by atoms with Crippen LogP contribution in [0.1, 0.15) is 11.4 Å². The van der Waals surface area contributed by atoms with Crippen molar-refractivity contribution in [2.75, 3.05) is 11.1 Å². The highest BCUT2D eigenvalue weighted by atomic mass is 35.5. The van der Waals surface area contributed by atoms with E-state index in [2.05, 4.69) is 22.1 Å². The Labute approximate surface area is 214 Å². The van der Waals surface area contributed by atoms with Crippen LogP contribution in [0.5, 0.6) is 0 Å². The van der Waals surface area contributed by atoms with E-state index in [-0.39, 0.29) is 11.7 Å². The number of allylic oxidation sites excluding steroid dienone is 1. The summed E-state index contributed by atoms with van der Waals surface area (Å²) in [4.78, 5) is 12.4. The minimum atomic E-state index is -0.206. The number of hydrogen-bond acceptors (Lipinski definition) is 5. The maximum atomic E-state index is 12.4. The second-order valence-electron chi connectivity index (χ2n) is 6.50. The molecule has 0 radical (unpaired) electrons. The Morgan fingerprint density at radius 1 is 1.03 bits per heavy atom. The molecule has 0 aliphatic rings. The third-order valence-electron chi connectivity index (χ3n) is 4.13. The number of nitrogens with zero attached hydrogens (tertiary/aromatic N) is 3. The van der Waals surface area contributed by atoms with Crippen LogP contribution in [0.4, 0.5) is 5.69 Å². The molecule has 32 heavy (non-hydrogen) atoms. The molecule has 11 heteroatoms. The Morgan fingerprint density at radius 3 is 2.56 bits per heavy atom. The van der Waals surface area contributed by atoms with Gasteiger partial charge < -0.3 is 9.88 Å². The van der Waals surface area contributed by atoms with Crippen LogP contribution in [0.15, 0.2) is 54.2 Å². The van der Waals surface area contributed by atoms with Gasteiger partial charge in [0.1, 0.15) is 5.82 Å². The smallest absolute Gasteiger partial charge is 0.234 e. The number of aromatic nitrogens is 3. The number of carbonyl (C=O) groups excluding carboxylic acids is 1. The van der Waals surface area contributed by atoms with Crippen molar-refractivity contribution >= 4 is 81.5 Å². The number of thioether (sulfide) groups is 2. The van der Waals surface area contributed by atoms with Crippen molar-refractivity contribution in [3.05, 3.63) is 80.5 Å². The summed E-state index contributed by atoms with van der Waals surface area (Å²) in [5.41, 5.74) is 1.58. The predicted octanol–water partition coefficient (Wildman–Crippen LogP) is 7.24. The minimum Gasteiger partial charge on any atom is -0.324 e.